The van der Waals surface area contributed by atoms with Gasteiger partial charge in [0.25, 0.3) is 0 Å². The minimum Gasteiger partial charge on any atom is -0.423 e. The Balaban J connectivity index is 0.984. The summed E-state index contributed by atoms with van der Waals surface area (Å²) in [6, 6.07) is 44.7. The van der Waals surface area contributed by atoms with Gasteiger partial charge in [0.1, 0.15) is 22.6 Å². The Kier molecular flexibility index (Phi) is 9.90. The molecule has 0 radical (unpaired) electrons. The SMILES string of the molecule is O=C(Oc1ccc(C2(c3ccc(OC(=O)C4=C(c5ccccc5)C(=O)c5ccccc5C4=O)cc3)CCCCC2)cc1)C1=C(c2ccccc2)C(=O)c2ccccc2C1=O. The van der Waals surface area contributed by atoms with Crippen LogP contribution in [0.15, 0.2) is 169 Å². The minimum atomic E-state index is -0.915. The van der Waals surface area contributed by atoms with Gasteiger partial charge in [-0.3, -0.25) is 19.2 Å². The monoisotopic (exact) mass is 788 g/mol. The number of benzene rings is 6. The molecule has 3 aliphatic carbocycles. The van der Waals surface area contributed by atoms with Crippen molar-refractivity contribution < 1.29 is 38.2 Å². The average molecular weight is 789 g/mol. The molecular weight excluding hydrogens is 753 g/mol. The molecule has 0 amide bonds. The number of carbonyl (C=O) groups is 6. The Morgan fingerprint density at radius 3 is 1.08 bits per heavy atom. The Bertz CT molecular complexity index is 2620. The molecule has 0 aliphatic heterocycles. The van der Waals surface area contributed by atoms with Crippen molar-refractivity contribution in [2.75, 3.05) is 0 Å². The number of fused-ring (bicyclic) bond motifs is 2. The third kappa shape index (κ3) is 6.62. The number of allylic oxidation sites excluding steroid dienone is 2. The lowest BCUT2D eigenvalue weighted by Crippen LogP contribution is -2.30. The zero-order chi connectivity index (χ0) is 41.4. The maximum absolute atomic E-state index is 13.8. The lowest BCUT2D eigenvalue weighted by atomic mass is 9.65. The third-order valence-corrected chi connectivity index (χ3v) is 11.7. The Labute approximate surface area is 345 Å². The van der Waals surface area contributed by atoms with Crippen LogP contribution in [0.25, 0.3) is 11.1 Å². The van der Waals surface area contributed by atoms with Crippen LogP contribution in [0.3, 0.4) is 0 Å². The summed E-state index contributed by atoms with van der Waals surface area (Å²) in [5.41, 5.74) is 2.67. The number of hydrogen-bond donors (Lipinski definition) is 0. The number of ether oxygens (including phenoxy) is 2. The fourth-order valence-corrected chi connectivity index (χ4v) is 8.80. The first kappa shape index (κ1) is 38.0. The van der Waals surface area contributed by atoms with Gasteiger partial charge in [0.15, 0.2) is 11.6 Å². The van der Waals surface area contributed by atoms with Gasteiger partial charge in [-0.15, -0.1) is 0 Å². The molecule has 6 aromatic rings. The minimum absolute atomic E-state index is 0.00808. The molecule has 60 heavy (non-hydrogen) atoms. The third-order valence-electron chi connectivity index (χ3n) is 11.7. The molecule has 0 N–H and O–H groups in total. The predicted molar refractivity (Wildman–Crippen MR) is 225 cm³/mol. The first-order valence-electron chi connectivity index (χ1n) is 19.9. The molecule has 0 spiro atoms. The quantitative estimate of drug-likeness (QED) is 0.0850. The molecule has 8 nitrogen and oxygen atoms in total. The van der Waals surface area contributed by atoms with Gasteiger partial charge < -0.3 is 9.47 Å². The normalized spacial score (nSPS) is 15.9. The highest BCUT2D eigenvalue weighted by atomic mass is 16.5. The van der Waals surface area contributed by atoms with Crippen molar-refractivity contribution in [1.29, 1.82) is 0 Å². The van der Waals surface area contributed by atoms with E-state index in [1.807, 2.05) is 24.3 Å². The summed E-state index contributed by atoms with van der Waals surface area (Å²) >= 11 is 0. The van der Waals surface area contributed by atoms with Gasteiger partial charge in [0, 0.05) is 38.8 Å². The smallest absolute Gasteiger partial charge is 0.348 e. The molecule has 0 atom stereocenters. The van der Waals surface area contributed by atoms with Gasteiger partial charge in [0.05, 0.1) is 0 Å². The first-order valence-corrected chi connectivity index (χ1v) is 19.9. The highest BCUT2D eigenvalue weighted by Gasteiger charge is 2.40. The van der Waals surface area contributed by atoms with Crippen molar-refractivity contribution in [3.8, 4) is 11.5 Å². The van der Waals surface area contributed by atoms with E-state index in [4.69, 9.17) is 9.47 Å². The molecule has 0 heterocycles. The second-order valence-corrected chi connectivity index (χ2v) is 15.1. The van der Waals surface area contributed by atoms with Crippen molar-refractivity contribution in [3.63, 3.8) is 0 Å². The molecule has 292 valence electrons. The zero-order valence-electron chi connectivity index (χ0n) is 32.3. The van der Waals surface area contributed by atoms with Crippen LogP contribution in [0, 0.1) is 0 Å². The Morgan fingerprint density at radius 2 is 0.717 bits per heavy atom. The summed E-state index contributed by atoms with van der Waals surface area (Å²) in [6.45, 7) is 0. The highest BCUT2D eigenvalue weighted by molar-refractivity contribution is 6.47. The molecule has 6 aromatic carbocycles. The van der Waals surface area contributed by atoms with E-state index >= 15 is 0 Å². The second kappa shape index (κ2) is 15.6. The number of carbonyl (C=O) groups excluding carboxylic acids is 6. The number of Topliss-reactive ketones (excluding diaryl/α,β-unsaturated/α-hetero) is 4. The van der Waals surface area contributed by atoms with Gasteiger partial charge in [-0.25, -0.2) is 9.59 Å². The summed E-state index contributed by atoms with van der Waals surface area (Å²) < 4.78 is 11.7. The van der Waals surface area contributed by atoms with Crippen LogP contribution < -0.4 is 9.47 Å². The largest absolute Gasteiger partial charge is 0.423 e. The molecule has 0 saturated heterocycles. The molecule has 1 fully saturated rings. The van der Waals surface area contributed by atoms with Crippen LogP contribution in [0.4, 0.5) is 0 Å². The standard InChI is InChI=1S/C52H36O8/c53-46-38-18-8-10-20-40(38)48(55)44(42(46)32-14-4-1-5-15-32)50(57)59-36-26-22-34(23-27-36)52(30-12-3-13-31-52)35-24-28-37(29-25-35)60-51(58)45-43(33-16-6-2-7-17-33)47(54)39-19-9-11-21-41(39)49(45)56/h1-2,4-11,14-29H,3,12-13,30-31H2. The lowest BCUT2D eigenvalue weighted by Gasteiger charge is -2.38. The lowest BCUT2D eigenvalue weighted by molar-refractivity contribution is -0.130. The molecule has 3 aliphatic rings. The van der Waals surface area contributed by atoms with Gasteiger partial charge >= 0.3 is 11.9 Å². The average Bonchev–Trinajstić information content (AvgIpc) is 3.29. The molecule has 1 saturated carbocycles. The van der Waals surface area contributed by atoms with Crippen LogP contribution in [0.1, 0.15) is 95.8 Å². The summed E-state index contributed by atoms with van der Waals surface area (Å²) in [7, 11) is 0. The number of ketones is 4. The van der Waals surface area contributed by atoms with Crippen molar-refractivity contribution in [2.24, 2.45) is 0 Å². The number of hydrogen-bond acceptors (Lipinski definition) is 8. The summed E-state index contributed by atoms with van der Waals surface area (Å²) in [6.07, 6.45) is 4.73. The molecule has 0 aromatic heterocycles. The molecule has 0 bridgehead atoms. The van der Waals surface area contributed by atoms with Crippen LogP contribution in [-0.2, 0) is 15.0 Å². The molecular formula is C52H36O8. The van der Waals surface area contributed by atoms with Crippen LogP contribution in [-0.4, -0.2) is 35.1 Å². The number of rotatable bonds is 8. The molecule has 9 rings (SSSR count). The second-order valence-electron chi connectivity index (χ2n) is 15.1. The fourth-order valence-electron chi connectivity index (χ4n) is 8.80. The Hall–Kier alpha value is -7.58. The van der Waals surface area contributed by atoms with Crippen LogP contribution >= 0.6 is 0 Å². The number of esters is 2. The van der Waals surface area contributed by atoms with Crippen molar-refractivity contribution >= 4 is 46.2 Å². The van der Waals surface area contributed by atoms with E-state index in [0.29, 0.717) is 11.1 Å². The fraction of sp³-hybridized carbons (Fsp3) is 0.115. The maximum Gasteiger partial charge on any atom is 0.348 e. The van der Waals surface area contributed by atoms with Crippen LogP contribution in [0.5, 0.6) is 11.5 Å². The van der Waals surface area contributed by atoms with E-state index in [1.165, 1.54) is 12.1 Å². The van der Waals surface area contributed by atoms with E-state index < -0.39 is 40.5 Å². The van der Waals surface area contributed by atoms with E-state index in [-0.39, 0.29) is 56.0 Å². The van der Waals surface area contributed by atoms with Gasteiger partial charge in [-0.1, -0.05) is 153 Å². The molecule has 8 heteroatoms. The van der Waals surface area contributed by atoms with E-state index in [1.54, 1.807) is 121 Å². The van der Waals surface area contributed by atoms with Gasteiger partial charge in [-0.2, -0.15) is 0 Å². The van der Waals surface area contributed by atoms with Crippen molar-refractivity contribution in [1.82, 2.24) is 0 Å². The van der Waals surface area contributed by atoms with Gasteiger partial charge in [0.2, 0.25) is 11.6 Å². The van der Waals surface area contributed by atoms with E-state index in [2.05, 4.69) is 0 Å². The van der Waals surface area contributed by atoms with Crippen LogP contribution in [0.2, 0.25) is 0 Å². The van der Waals surface area contributed by atoms with E-state index in [9.17, 15) is 28.8 Å². The maximum atomic E-state index is 13.8. The highest BCUT2D eigenvalue weighted by Crippen LogP contribution is 2.46. The summed E-state index contributed by atoms with van der Waals surface area (Å²) in [4.78, 5) is 82.7. The van der Waals surface area contributed by atoms with Crippen molar-refractivity contribution in [2.45, 2.75) is 37.5 Å². The first-order chi connectivity index (χ1) is 29.2. The van der Waals surface area contributed by atoms with Gasteiger partial charge in [-0.05, 0) is 59.4 Å². The summed E-state index contributed by atoms with van der Waals surface area (Å²) in [5.74, 6) is -3.37. The van der Waals surface area contributed by atoms with E-state index in [0.717, 1.165) is 43.2 Å². The van der Waals surface area contributed by atoms with Crippen molar-refractivity contribution in [3.05, 3.63) is 213 Å². The zero-order valence-corrected chi connectivity index (χ0v) is 32.3. The topological polar surface area (TPSA) is 121 Å². The Morgan fingerprint density at radius 1 is 0.383 bits per heavy atom. The molecule has 0 unspecified atom stereocenters. The predicted octanol–water partition coefficient (Wildman–Crippen LogP) is 9.81. The summed E-state index contributed by atoms with van der Waals surface area (Å²) in [5, 5.41) is 0.